The molecule has 5 nitrogen and oxygen atoms in total. The summed E-state index contributed by atoms with van der Waals surface area (Å²) in [6, 6.07) is 10.0. The molecule has 2 aliphatic heterocycles. The van der Waals surface area contributed by atoms with E-state index >= 15 is 0 Å². The summed E-state index contributed by atoms with van der Waals surface area (Å²) in [7, 11) is 0. The summed E-state index contributed by atoms with van der Waals surface area (Å²) in [5.41, 5.74) is 4.53. The number of aromatic nitrogens is 2. The van der Waals surface area contributed by atoms with Crippen molar-refractivity contribution in [2.24, 2.45) is 16.6 Å². The third-order valence-corrected chi connectivity index (χ3v) is 6.10. The molecule has 0 radical (unpaired) electrons. The predicted octanol–water partition coefficient (Wildman–Crippen LogP) is 3.64. The summed E-state index contributed by atoms with van der Waals surface area (Å²) >= 11 is 1.54. The van der Waals surface area contributed by atoms with E-state index in [1.54, 1.807) is 0 Å². The van der Waals surface area contributed by atoms with Crippen molar-refractivity contribution in [3.8, 4) is 0 Å². The number of halogens is 3. The summed E-state index contributed by atoms with van der Waals surface area (Å²) < 4.78 is 28.4. The molecule has 1 fully saturated rings. The molecule has 3 heterocycles. The Hall–Kier alpha value is -1.93. The molecule has 2 N–H and O–H groups in total. The Kier molecular flexibility index (Phi) is 5.55. The first-order valence-electron chi connectivity index (χ1n) is 8.80. The van der Waals surface area contributed by atoms with Crippen LogP contribution < -0.4 is 10.6 Å². The van der Waals surface area contributed by atoms with Crippen molar-refractivity contribution in [2.45, 2.75) is 25.1 Å². The van der Waals surface area contributed by atoms with Crippen LogP contribution in [0, 0.1) is 11.7 Å². The molecule has 150 valence electrons. The first-order chi connectivity index (χ1) is 12.8. The van der Waals surface area contributed by atoms with Crippen LogP contribution in [-0.2, 0) is 11.2 Å². The number of fused-ring (bicyclic) bond motifs is 1. The number of rotatable bonds is 3. The van der Waals surface area contributed by atoms with Crippen LogP contribution in [0.2, 0.25) is 0 Å². The number of hydrogen-bond acceptors (Lipinski definition) is 6. The Bertz CT molecular complexity index is 890. The maximum absolute atomic E-state index is 14.3. The van der Waals surface area contributed by atoms with Crippen LogP contribution in [0.4, 0.5) is 14.7 Å². The topological polar surface area (TPSA) is 67.4 Å². The van der Waals surface area contributed by atoms with Crippen LogP contribution in [0.25, 0.3) is 0 Å². The van der Waals surface area contributed by atoms with Crippen LogP contribution in [0.5, 0.6) is 0 Å². The zero-order valence-electron chi connectivity index (χ0n) is 15.6. The van der Waals surface area contributed by atoms with Gasteiger partial charge in [-0.2, -0.15) is 0 Å². The quantitative estimate of drug-likeness (QED) is 0.813. The van der Waals surface area contributed by atoms with Gasteiger partial charge in [0.1, 0.15) is 16.9 Å². The summed E-state index contributed by atoms with van der Waals surface area (Å²) in [5.74, 6) is 0.607. The van der Waals surface area contributed by atoms with E-state index in [4.69, 9.17) is 10.7 Å². The fourth-order valence-electron chi connectivity index (χ4n) is 3.83. The van der Waals surface area contributed by atoms with E-state index in [2.05, 4.69) is 9.97 Å². The number of nitrogens with two attached hydrogens (primary N) is 1. The van der Waals surface area contributed by atoms with Gasteiger partial charge in [-0.25, -0.2) is 23.7 Å². The Morgan fingerprint density at radius 2 is 2.00 bits per heavy atom. The normalized spacial score (nSPS) is 24.4. The molecule has 1 aromatic carbocycles. The number of alkyl halides is 1. The first-order valence-corrected chi connectivity index (χ1v) is 9.79. The zero-order valence-corrected chi connectivity index (χ0v) is 17.2. The lowest BCUT2D eigenvalue weighted by Crippen LogP contribution is -2.40. The van der Waals surface area contributed by atoms with Gasteiger partial charge in [0.25, 0.3) is 0 Å². The average Bonchev–Trinajstić information content (AvgIpc) is 3.02. The number of hydrogen-bond donors (Lipinski definition) is 1. The van der Waals surface area contributed by atoms with E-state index < -0.39 is 17.0 Å². The van der Waals surface area contributed by atoms with Gasteiger partial charge in [0.2, 0.25) is 5.95 Å². The fourth-order valence-corrected chi connectivity index (χ4v) is 4.81. The van der Waals surface area contributed by atoms with Crippen molar-refractivity contribution in [1.29, 1.82) is 0 Å². The van der Waals surface area contributed by atoms with Gasteiger partial charge >= 0.3 is 0 Å². The van der Waals surface area contributed by atoms with Crippen LogP contribution in [0.15, 0.2) is 41.5 Å². The highest BCUT2D eigenvalue weighted by Gasteiger charge is 2.50. The number of nitrogens with zero attached hydrogens (tertiary/aromatic N) is 4. The van der Waals surface area contributed by atoms with Gasteiger partial charge in [-0.05, 0) is 19.4 Å². The van der Waals surface area contributed by atoms with Gasteiger partial charge in [-0.3, -0.25) is 0 Å². The van der Waals surface area contributed by atoms with Gasteiger partial charge in [-0.15, -0.1) is 12.4 Å². The third kappa shape index (κ3) is 3.55. The second-order valence-electron chi connectivity index (χ2n) is 7.47. The van der Waals surface area contributed by atoms with Crippen LogP contribution in [-0.4, -0.2) is 34.0 Å². The standard InChI is InChI=1S/C19H21F2N5S.ClH/c1-18(2,21)15-14(20)8-23-17(24-15)26-9-13-10-27-16(22)25-19(13,11-26)12-6-4-3-5-7-12;/h3-8,13H,9-11H2,1-2H3,(H2,22,25);1H/t13-,19+;/m0./s1. The molecule has 0 aliphatic carbocycles. The molecular weight excluding hydrogens is 404 g/mol. The summed E-state index contributed by atoms with van der Waals surface area (Å²) in [5, 5.41) is 0.558. The van der Waals surface area contributed by atoms with Gasteiger partial charge in [0.05, 0.1) is 12.7 Å². The molecule has 28 heavy (non-hydrogen) atoms. The van der Waals surface area contributed by atoms with Crippen LogP contribution in [0.1, 0.15) is 25.1 Å². The average molecular weight is 426 g/mol. The maximum Gasteiger partial charge on any atom is 0.225 e. The van der Waals surface area contributed by atoms with Gasteiger partial charge in [-0.1, -0.05) is 42.1 Å². The minimum absolute atomic E-state index is 0. The summed E-state index contributed by atoms with van der Waals surface area (Å²) in [4.78, 5) is 15.1. The molecule has 0 bridgehead atoms. The van der Waals surface area contributed by atoms with Crippen molar-refractivity contribution >= 4 is 35.3 Å². The monoisotopic (exact) mass is 425 g/mol. The Morgan fingerprint density at radius 1 is 1.29 bits per heavy atom. The number of aliphatic imine (C=N–C) groups is 1. The van der Waals surface area contributed by atoms with E-state index in [0.717, 1.165) is 17.5 Å². The minimum atomic E-state index is -1.89. The Labute approximate surface area is 173 Å². The molecule has 4 rings (SSSR count). The maximum atomic E-state index is 14.3. The molecule has 9 heteroatoms. The van der Waals surface area contributed by atoms with Crippen molar-refractivity contribution in [3.63, 3.8) is 0 Å². The highest BCUT2D eigenvalue weighted by Crippen LogP contribution is 2.46. The molecular formula is C19H22ClF2N5S. The molecule has 2 atom stereocenters. The Morgan fingerprint density at radius 3 is 2.68 bits per heavy atom. The molecule has 0 spiro atoms. The van der Waals surface area contributed by atoms with E-state index in [0.29, 0.717) is 24.2 Å². The van der Waals surface area contributed by atoms with E-state index in [9.17, 15) is 8.78 Å². The number of amidine groups is 1. The SMILES string of the molecule is CC(C)(F)c1nc(N2C[C@H]3CSC(N)=N[C@@]3(c3ccccc3)C2)ncc1F.Cl. The van der Waals surface area contributed by atoms with Gasteiger partial charge < -0.3 is 10.6 Å². The number of benzene rings is 1. The lowest BCUT2D eigenvalue weighted by Gasteiger charge is -2.34. The second-order valence-corrected chi connectivity index (χ2v) is 8.51. The van der Waals surface area contributed by atoms with Gasteiger partial charge in [0.15, 0.2) is 11.0 Å². The minimum Gasteiger partial charge on any atom is -0.379 e. The van der Waals surface area contributed by atoms with Gasteiger partial charge in [0, 0.05) is 18.2 Å². The molecule has 1 saturated heterocycles. The summed E-state index contributed by atoms with van der Waals surface area (Å²) in [6.45, 7) is 3.75. The van der Waals surface area contributed by atoms with E-state index in [1.807, 2.05) is 35.2 Å². The highest BCUT2D eigenvalue weighted by molar-refractivity contribution is 8.13. The predicted molar refractivity (Wildman–Crippen MR) is 111 cm³/mol. The largest absolute Gasteiger partial charge is 0.379 e. The number of thioether (sulfide) groups is 1. The van der Waals surface area contributed by atoms with E-state index in [-0.39, 0.29) is 24.0 Å². The molecule has 0 saturated carbocycles. The second kappa shape index (κ2) is 7.48. The molecule has 2 aromatic rings. The third-order valence-electron chi connectivity index (χ3n) is 5.14. The lowest BCUT2D eigenvalue weighted by atomic mass is 9.82. The Balaban J connectivity index is 0.00000225. The molecule has 0 amide bonds. The highest BCUT2D eigenvalue weighted by atomic mass is 35.5. The van der Waals surface area contributed by atoms with Crippen molar-refractivity contribution in [3.05, 3.63) is 53.6 Å². The molecule has 0 unspecified atom stereocenters. The fraction of sp³-hybridized carbons (Fsp3) is 0.421. The van der Waals surface area contributed by atoms with Crippen molar-refractivity contribution in [2.75, 3.05) is 23.7 Å². The molecule has 1 aromatic heterocycles. The van der Waals surface area contributed by atoms with E-state index in [1.165, 1.54) is 25.6 Å². The van der Waals surface area contributed by atoms with Crippen LogP contribution in [0.3, 0.4) is 0 Å². The van der Waals surface area contributed by atoms with Crippen LogP contribution >= 0.6 is 24.2 Å². The number of anilines is 1. The molecule has 2 aliphatic rings. The smallest absolute Gasteiger partial charge is 0.225 e. The van der Waals surface area contributed by atoms with Crippen molar-refractivity contribution in [1.82, 2.24) is 9.97 Å². The zero-order chi connectivity index (χ0) is 19.2. The van der Waals surface area contributed by atoms with Crippen molar-refractivity contribution < 1.29 is 8.78 Å². The lowest BCUT2D eigenvalue weighted by molar-refractivity contribution is 0.205. The summed E-state index contributed by atoms with van der Waals surface area (Å²) in [6.07, 6.45) is 1.04. The first kappa shape index (κ1) is 20.8.